The summed E-state index contributed by atoms with van der Waals surface area (Å²) in [4.78, 5) is 4.64. The molecule has 0 fully saturated rings. The highest BCUT2D eigenvalue weighted by atomic mass is 16.6. The molecule has 0 atom stereocenters. The molecule has 0 radical (unpaired) electrons. The number of hydrogen-bond donors (Lipinski definition) is 1. The van der Waals surface area contributed by atoms with Gasteiger partial charge in [0.2, 0.25) is 0 Å². The van der Waals surface area contributed by atoms with Crippen LogP contribution in [0.4, 0.5) is 0 Å². The zero-order valence-electron chi connectivity index (χ0n) is 7.26. The van der Waals surface area contributed by atoms with E-state index in [4.69, 9.17) is 9.47 Å². The Morgan fingerprint density at radius 2 is 1.91 bits per heavy atom. The van der Waals surface area contributed by atoms with Crippen molar-refractivity contribution in [3.63, 3.8) is 0 Å². The van der Waals surface area contributed by atoms with Gasteiger partial charge in [0.25, 0.3) is 0 Å². The lowest BCUT2D eigenvalue weighted by Gasteiger charge is -2.03. The number of ether oxygens (including phenoxy) is 2. The van der Waals surface area contributed by atoms with Crippen molar-refractivity contribution in [2.45, 2.75) is 6.42 Å². The largest absolute Gasteiger partial charge is 0.382 e. The van der Waals surface area contributed by atoms with Gasteiger partial charge in [-0.3, -0.25) is 0 Å². The van der Waals surface area contributed by atoms with E-state index in [1.165, 1.54) is 0 Å². The number of nitrogens with one attached hydrogen (secondary N) is 1. The molecule has 1 N–H and O–H groups in total. The van der Waals surface area contributed by atoms with Crippen LogP contribution in [0.5, 0.6) is 0 Å². The first-order valence-electron chi connectivity index (χ1n) is 3.74. The van der Waals surface area contributed by atoms with Crippen LogP contribution in [0.15, 0.2) is 0 Å². The van der Waals surface area contributed by atoms with E-state index in [0.717, 1.165) is 19.6 Å². The summed E-state index contributed by atoms with van der Waals surface area (Å²) in [5, 5.41) is 0. The second-order valence-electron chi connectivity index (χ2n) is 2.06. The Labute approximate surface area is 67.8 Å². The minimum atomic E-state index is 0.664. The molecule has 4 nitrogen and oxygen atoms in total. The summed E-state index contributed by atoms with van der Waals surface area (Å²) >= 11 is 0. The molecule has 0 aromatic carbocycles. The molecule has 0 bridgehead atoms. The highest BCUT2D eigenvalue weighted by Gasteiger charge is 1.87. The first-order chi connectivity index (χ1) is 5.41. The molecule has 0 spiro atoms. The molecule has 0 heterocycles. The Hall–Kier alpha value is -0.160. The van der Waals surface area contributed by atoms with Crippen molar-refractivity contribution in [3.05, 3.63) is 0 Å². The molecule has 4 heteroatoms. The van der Waals surface area contributed by atoms with Crippen LogP contribution in [0, 0.1) is 0 Å². The summed E-state index contributed by atoms with van der Waals surface area (Å²) < 4.78 is 10.0. The fourth-order valence-corrected chi connectivity index (χ4v) is 0.593. The number of hydroxylamine groups is 1. The fourth-order valence-electron chi connectivity index (χ4n) is 0.593. The summed E-state index contributed by atoms with van der Waals surface area (Å²) in [5.41, 5.74) is 2.73. The minimum absolute atomic E-state index is 0.664. The summed E-state index contributed by atoms with van der Waals surface area (Å²) in [6, 6.07) is 0. The molecule has 0 aliphatic carbocycles. The molecule has 0 unspecified atom stereocenters. The fraction of sp³-hybridized carbons (Fsp3) is 1.00. The van der Waals surface area contributed by atoms with Gasteiger partial charge in [-0.15, -0.1) is 0 Å². The normalized spacial score (nSPS) is 10.4. The SMILES string of the molecule is COCCOCCCNOC. The van der Waals surface area contributed by atoms with Gasteiger partial charge in [-0.1, -0.05) is 0 Å². The van der Waals surface area contributed by atoms with E-state index in [0.29, 0.717) is 13.2 Å². The summed E-state index contributed by atoms with van der Waals surface area (Å²) in [7, 11) is 3.27. The third-order valence-electron chi connectivity index (χ3n) is 1.14. The van der Waals surface area contributed by atoms with Gasteiger partial charge >= 0.3 is 0 Å². The number of methoxy groups -OCH3 is 1. The Kier molecular flexibility index (Phi) is 9.70. The van der Waals surface area contributed by atoms with Crippen LogP contribution < -0.4 is 5.48 Å². The predicted octanol–water partition coefficient (Wildman–Crippen LogP) is 0.190. The van der Waals surface area contributed by atoms with E-state index in [-0.39, 0.29) is 0 Å². The zero-order valence-corrected chi connectivity index (χ0v) is 7.26. The Bertz CT molecular complexity index is 62.7. The van der Waals surface area contributed by atoms with E-state index in [1.807, 2.05) is 0 Å². The highest BCUT2D eigenvalue weighted by Crippen LogP contribution is 1.80. The van der Waals surface area contributed by atoms with Gasteiger partial charge in [0, 0.05) is 20.3 Å². The van der Waals surface area contributed by atoms with Crippen molar-refractivity contribution in [1.82, 2.24) is 5.48 Å². The van der Waals surface area contributed by atoms with Crippen molar-refractivity contribution in [3.8, 4) is 0 Å². The monoisotopic (exact) mass is 163 g/mol. The molecule has 0 amide bonds. The Morgan fingerprint density at radius 1 is 1.09 bits per heavy atom. The van der Waals surface area contributed by atoms with E-state index < -0.39 is 0 Å². The minimum Gasteiger partial charge on any atom is -0.382 e. The quantitative estimate of drug-likeness (QED) is 0.409. The van der Waals surface area contributed by atoms with Crippen LogP contribution in [-0.4, -0.2) is 40.6 Å². The van der Waals surface area contributed by atoms with Gasteiger partial charge in [0.05, 0.1) is 20.3 Å². The van der Waals surface area contributed by atoms with Crippen LogP contribution >= 0.6 is 0 Å². The van der Waals surface area contributed by atoms with E-state index in [9.17, 15) is 0 Å². The highest BCUT2D eigenvalue weighted by molar-refractivity contribution is 4.36. The average molecular weight is 163 g/mol. The molecule has 11 heavy (non-hydrogen) atoms. The summed E-state index contributed by atoms with van der Waals surface area (Å²) in [5.74, 6) is 0. The van der Waals surface area contributed by atoms with Crippen LogP contribution in [0.3, 0.4) is 0 Å². The van der Waals surface area contributed by atoms with E-state index in [1.54, 1.807) is 14.2 Å². The van der Waals surface area contributed by atoms with Crippen molar-refractivity contribution in [2.24, 2.45) is 0 Å². The summed E-state index contributed by atoms with van der Waals surface area (Å²) in [6.07, 6.45) is 0.956. The molecule has 0 rings (SSSR count). The maximum absolute atomic E-state index is 5.20. The number of rotatable bonds is 8. The maximum Gasteiger partial charge on any atom is 0.0700 e. The predicted molar refractivity (Wildman–Crippen MR) is 42.3 cm³/mol. The van der Waals surface area contributed by atoms with Crippen molar-refractivity contribution in [2.75, 3.05) is 40.6 Å². The summed E-state index contributed by atoms with van der Waals surface area (Å²) in [6.45, 7) is 2.91. The molecular formula is C7H17NO3. The van der Waals surface area contributed by atoms with Gasteiger partial charge in [0.1, 0.15) is 0 Å². The Morgan fingerprint density at radius 3 is 2.55 bits per heavy atom. The zero-order chi connectivity index (χ0) is 8.36. The smallest absolute Gasteiger partial charge is 0.0700 e. The Balaban J connectivity index is 2.69. The molecule has 0 aromatic heterocycles. The third kappa shape index (κ3) is 9.84. The van der Waals surface area contributed by atoms with Crippen LogP contribution in [0.2, 0.25) is 0 Å². The average Bonchev–Trinajstić information content (AvgIpc) is 2.03. The van der Waals surface area contributed by atoms with Crippen molar-refractivity contribution >= 4 is 0 Å². The van der Waals surface area contributed by atoms with Crippen LogP contribution in [0.25, 0.3) is 0 Å². The van der Waals surface area contributed by atoms with E-state index in [2.05, 4.69) is 10.3 Å². The molecular weight excluding hydrogens is 146 g/mol. The van der Waals surface area contributed by atoms with Gasteiger partial charge < -0.3 is 14.3 Å². The second-order valence-corrected chi connectivity index (χ2v) is 2.06. The standard InChI is InChI=1S/C7H17NO3/c1-9-6-7-11-5-3-4-8-10-2/h8H,3-7H2,1-2H3. The van der Waals surface area contributed by atoms with Crippen LogP contribution in [0.1, 0.15) is 6.42 Å². The third-order valence-corrected chi connectivity index (χ3v) is 1.14. The number of hydrogen-bond acceptors (Lipinski definition) is 4. The maximum atomic E-state index is 5.20. The molecule has 0 aliphatic rings. The van der Waals surface area contributed by atoms with Crippen LogP contribution in [-0.2, 0) is 14.3 Å². The van der Waals surface area contributed by atoms with E-state index >= 15 is 0 Å². The molecule has 0 saturated carbocycles. The molecule has 68 valence electrons. The topological polar surface area (TPSA) is 39.7 Å². The van der Waals surface area contributed by atoms with Crippen molar-refractivity contribution in [1.29, 1.82) is 0 Å². The molecule has 0 aromatic rings. The lowest BCUT2D eigenvalue weighted by molar-refractivity contribution is 0.0544. The van der Waals surface area contributed by atoms with Gasteiger partial charge in [-0.25, -0.2) is 5.48 Å². The van der Waals surface area contributed by atoms with Crippen molar-refractivity contribution < 1.29 is 14.3 Å². The first-order valence-corrected chi connectivity index (χ1v) is 3.74. The lowest BCUT2D eigenvalue weighted by Crippen LogP contribution is -2.15. The van der Waals surface area contributed by atoms with Gasteiger partial charge in [-0.2, -0.15) is 0 Å². The molecule has 0 aliphatic heterocycles. The van der Waals surface area contributed by atoms with Gasteiger partial charge in [-0.05, 0) is 6.42 Å². The second kappa shape index (κ2) is 9.84. The van der Waals surface area contributed by atoms with Gasteiger partial charge in [0.15, 0.2) is 0 Å². The molecule has 0 saturated heterocycles. The first kappa shape index (κ1) is 10.8. The lowest BCUT2D eigenvalue weighted by atomic mass is 10.5.